The number of aromatic amines is 1. The molecule has 0 bridgehead atoms. The number of halogens is 1. The number of benzene rings is 2. The fourth-order valence-corrected chi connectivity index (χ4v) is 7.08. The van der Waals surface area contributed by atoms with E-state index in [2.05, 4.69) is 51.9 Å². The number of piperazine rings is 1. The predicted molar refractivity (Wildman–Crippen MR) is 153 cm³/mol. The lowest BCUT2D eigenvalue weighted by Gasteiger charge is -2.45. The van der Waals surface area contributed by atoms with E-state index in [0.29, 0.717) is 44.6 Å². The molecule has 1 N–H and O–H groups in total. The number of piperidine rings is 1. The first-order chi connectivity index (χ1) is 18.6. The Morgan fingerprint density at radius 1 is 1.05 bits per heavy atom. The topological polar surface area (TPSA) is 92.9 Å². The summed E-state index contributed by atoms with van der Waals surface area (Å²) in [4.78, 5) is 48.7. The summed E-state index contributed by atoms with van der Waals surface area (Å²) < 4.78 is 0.870. The zero-order valence-corrected chi connectivity index (χ0v) is 24.1. The van der Waals surface area contributed by atoms with E-state index >= 15 is 0 Å². The summed E-state index contributed by atoms with van der Waals surface area (Å²) in [6.45, 7) is 7.30. The standard InChI is InChI=1S/C29H33BrN6O3/c1-28(2)18-35(14-13-33(28)3)24(37)17-36-23-6-4-5-21(30)25(23)29(27(36)39)9-11-34(12-10-29)26(38)19-7-8-22-20(15-19)16-31-32-22/h4-8,15-16H,9-14,17-18H2,1-3H3,(H,31,32). The van der Waals surface area contributed by atoms with E-state index < -0.39 is 5.41 Å². The van der Waals surface area contributed by atoms with Crippen LogP contribution in [0.5, 0.6) is 0 Å². The smallest absolute Gasteiger partial charge is 0.253 e. The van der Waals surface area contributed by atoms with Gasteiger partial charge in [0.25, 0.3) is 5.91 Å². The number of hydrogen-bond acceptors (Lipinski definition) is 5. The van der Waals surface area contributed by atoms with E-state index in [-0.39, 0.29) is 29.8 Å². The Bertz CT molecular complexity index is 1470. The fourth-order valence-electron chi connectivity index (χ4n) is 6.35. The van der Waals surface area contributed by atoms with Crippen molar-refractivity contribution in [1.29, 1.82) is 0 Å². The number of anilines is 1. The number of fused-ring (bicyclic) bond motifs is 3. The molecule has 2 aromatic carbocycles. The average molecular weight is 594 g/mol. The summed E-state index contributed by atoms with van der Waals surface area (Å²) >= 11 is 3.71. The van der Waals surface area contributed by atoms with Crippen molar-refractivity contribution in [3.8, 4) is 0 Å². The van der Waals surface area contributed by atoms with Crippen molar-refractivity contribution < 1.29 is 14.4 Å². The maximum Gasteiger partial charge on any atom is 0.253 e. The summed E-state index contributed by atoms with van der Waals surface area (Å²) in [7, 11) is 2.08. The zero-order valence-electron chi connectivity index (χ0n) is 22.5. The summed E-state index contributed by atoms with van der Waals surface area (Å²) in [6, 6.07) is 11.3. The van der Waals surface area contributed by atoms with E-state index in [1.807, 2.05) is 46.2 Å². The lowest BCUT2D eigenvalue weighted by atomic mass is 9.73. The molecule has 0 aliphatic carbocycles. The fraction of sp³-hybridized carbons (Fsp3) is 0.448. The number of nitrogens with one attached hydrogen (secondary N) is 1. The van der Waals surface area contributed by atoms with Crippen molar-refractivity contribution in [1.82, 2.24) is 24.9 Å². The minimum absolute atomic E-state index is 0.0250. The molecule has 3 aliphatic rings. The van der Waals surface area contributed by atoms with Gasteiger partial charge < -0.3 is 14.7 Å². The van der Waals surface area contributed by atoms with Gasteiger partial charge in [-0.05, 0) is 64.1 Å². The second-order valence-electron chi connectivity index (χ2n) is 11.6. The van der Waals surface area contributed by atoms with Gasteiger partial charge in [-0.15, -0.1) is 0 Å². The highest BCUT2D eigenvalue weighted by Gasteiger charge is 2.54. The summed E-state index contributed by atoms with van der Waals surface area (Å²) in [5.74, 6) is -0.122. The Morgan fingerprint density at radius 2 is 1.82 bits per heavy atom. The highest BCUT2D eigenvalue weighted by molar-refractivity contribution is 9.10. The molecule has 0 saturated carbocycles. The molecular weight excluding hydrogens is 560 g/mol. The van der Waals surface area contributed by atoms with Gasteiger partial charge in [-0.1, -0.05) is 22.0 Å². The van der Waals surface area contributed by atoms with Crippen LogP contribution in [0.2, 0.25) is 0 Å². The van der Waals surface area contributed by atoms with Crippen LogP contribution in [-0.4, -0.2) is 94.5 Å². The van der Waals surface area contributed by atoms with E-state index in [0.717, 1.165) is 33.2 Å². The van der Waals surface area contributed by atoms with Crippen molar-refractivity contribution >= 4 is 50.2 Å². The molecule has 204 valence electrons. The Morgan fingerprint density at radius 3 is 2.56 bits per heavy atom. The molecule has 3 aliphatic heterocycles. The van der Waals surface area contributed by atoms with Crippen LogP contribution in [0.15, 0.2) is 47.1 Å². The van der Waals surface area contributed by atoms with Crippen LogP contribution in [0.4, 0.5) is 5.69 Å². The molecule has 2 fully saturated rings. The van der Waals surface area contributed by atoms with Crippen LogP contribution in [-0.2, 0) is 15.0 Å². The predicted octanol–water partition coefficient (Wildman–Crippen LogP) is 3.40. The average Bonchev–Trinajstić information content (AvgIpc) is 3.48. The van der Waals surface area contributed by atoms with E-state index in [1.54, 1.807) is 11.1 Å². The van der Waals surface area contributed by atoms with Crippen LogP contribution in [0.1, 0.15) is 42.6 Å². The maximum atomic E-state index is 14.2. The number of nitrogens with zero attached hydrogens (tertiary/aromatic N) is 5. The Hall–Kier alpha value is -3.24. The molecule has 0 atom stereocenters. The number of likely N-dealkylation sites (N-methyl/N-ethyl adjacent to an activating group) is 1. The Balaban J connectivity index is 1.22. The molecule has 6 rings (SSSR count). The van der Waals surface area contributed by atoms with Gasteiger partial charge in [-0.3, -0.25) is 24.4 Å². The molecule has 0 unspecified atom stereocenters. The number of amides is 3. The molecule has 39 heavy (non-hydrogen) atoms. The van der Waals surface area contributed by atoms with Gasteiger partial charge >= 0.3 is 0 Å². The number of aromatic nitrogens is 2. The monoisotopic (exact) mass is 592 g/mol. The third-order valence-electron chi connectivity index (χ3n) is 8.97. The molecule has 1 spiro atoms. The number of likely N-dealkylation sites (tertiary alicyclic amines) is 1. The van der Waals surface area contributed by atoms with Crippen LogP contribution >= 0.6 is 15.9 Å². The lowest BCUT2D eigenvalue weighted by Crippen LogP contribution is -2.60. The second kappa shape index (κ2) is 9.45. The lowest BCUT2D eigenvalue weighted by molar-refractivity contribution is -0.136. The third-order valence-corrected chi connectivity index (χ3v) is 9.63. The van der Waals surface area contributed by atoms with Gasteiger partial charge in [0, 0.05) is 64.9 Å². The quantitative estimate of drug-likeness (QED) is 0.503. The van der Waals surface area contributed by atoms with E-state index in [1.165, 1.54) is 0 Å². The molecule has 4 heterocycles. The summed E-state index contributed by atoms with van der Waals surface area (Å²) in [6.07, 6.45) is 2.72. The Kier molecular flexibility index (Phi) is 6.30. The second-order valence-corrected chi connectivity index (χ2v) is 12.5. The molecular formula is C29H33BrN6O3. The molecule has 3 amide bonds. The van der Waals surface area contributed by atoms with Crippen LogP contribution in [0, 0.1) is 0 Å². The van der Waals surface area contributed by atoms with Crippen molar-refractivity contribution in [2.45, 2.75) is 37.6 Å². The van der Waals surface area contributed by atoms with E-state index in [9.17, 15) is 14.4 Å². The third kappa shape index (κ3) is 4.24. The van der Waals surface area contributed by atoms with Crippen molar-refractivity contribution in [3.63, 3.8) is 0 Å². The molecule has 10 heteroatoms. The SMILES string of the molecule is CN1CCN(C(=O)CN2C(=O)C3(CCN(C(=O)c4ccc5[nH]ncc5c4)CC3)c3c(Br)cccc32)CC1(C)C. The maximum absolute atomic E-state index is 14.2. The molecule has 2 saturated heterocycles. The largest absolute Gasteiger partial charge is 0.339 e. The minimum Gasteiger partial charge on any atom is -0.339 e. The van der Waals surface area contributed by atoms with Gasteiger partial charge in [0.15, 0.2) is 0 Å². The van der Waals surface area contributed by atoms with Gasteiger partial charge in [-0.2, -0.15) is 5.10 Å². The molecule has 1 aromatic heterocycles. The molecule has 0 radical (unpaired) electrons. The Labute approximate surface area is 236 Å². The highest BCUT2D eigenvalue weighted by Crippen LogP contribution is 2.51. The number of rotatable bonds is 3. The first-order valence-corrected chi connectivity index (χ1v) is 14.2. The van der Waals surface area contributed by atoms with Crippen LogP contribution < -0.4 is 4.90 Å². The normalized spacial score (nSPS) is 20.6. The minimum atomic E-state index is -0.762. The number of H-pyrrole nitrogens is 1. The van der Waals surface area contributed by atoms with Gasteiger partial charge in [0.05, 0.1) is 17.1 Å². The van der Waals surface area contributed by atoms with Crippen LogP contribution in [0.3, 0.4) is 0 Å². The first kappa shape index (κ1) is 26.0. The highest BCUT2D eigenvalue weighted by atomic mass is 79.9. The number of carbonyl (C=O) groups is 3. The molecule has 3 aromatic rings. The van der Waals surface area contributed by atoms with Gasteiger partial charge in [0.1, 0.15) is 6.54 Å². The first-order valence-electron chi connectivity index (χ1n) is 13.4. The zero-order chi connectivity index (χ0) is 27.5. The number of carbonyl (C=O) groups excluding carboxylic acids is 3. The molecule has 9 nitrogen and oxygen atoms in total. The van der Waals surface area contributed by atoms with E-state index in [4.69, 9.17) is 0 Å². The number of hydrogen-bond donors (Lipinski definition) is 1. The van der Waals surface area contributed by atoms with Crippen molar-refractivity contribution in [3.05, 3.63) is 58.2 Å². The van der Waals surface area contributed by atoms with Gasteiger partial charge in [-0.25, -0.2) is 0 Å². The summed E-state index contributed by atoms with van der Waals surface area (Å²) in [5, 5.41) is 7.84. The van der Waals surface area contributed by atoms with Crippen molar-refractivity contribution in [2.75, 3.05) is 51.2 Å². The summed E-state index contributed by atoms with van der Waals surface area (Å²) in [5.41, 5.74) is 2.35. The van der Waals surface area contributed by atoms with Crippen molar-refractivity contribution in [2.24, 2.45) is 0 Å². The van der Waals surface area contributed by atoms with Gasteiger partial charge in [0.2, 0.25) is 11.8 Å². The van der Waals surface area contributed by atoms with Crippen LogP contribution in [0.25, 0.3) is 10.9 Å².